The van der Waals surface area contributed by atoms with Gasteiger partial charge < -0.3 is 15.4 Å². The van der Waals surface area contributed by atoms with E-state index in [1.807, 2.05) is 37.3 Å². The smallest absolute Gasteiger partial charge is 0.153 e. The van der Waals surface area contributed by atoms with E-state index in [0.717, 1.165) is 47.8 Å². The Bertz CT molecular complexity index is 1020. The van der Waals surface area contributed by atoms with Crippen LogP contribution in [0.4, 0.5) is 4.39 Å². The fraction of sp³-hybridized carbons (Fsp3) is 0.409. The second-order valence-corrected chi connectivity index (χ2v) is 7.70. The molecule has 2 aromatic carbocycles. The molecule has 2 heterocycles. The number of methoxy groups -OCH3 is 1. The molecule has 7 nitrogen and oxygen atoms in total. The lowest BCUT2D eigenvalue weighted by Gasteiger charge is -2.34. The summed E-state index contributed by atoms with van der Waals surface area (Å²) in [6, 6.07) is 11.6. The Balaban J connectivity index is 1.55. The molecule has 1 aliphatic rings. The van der Waals surface area contributed by atoms with Crippen LogP contribution in [0.1, 0.15) is 41.4 Å². The zero-order valence-electron chi connectivity index (χ0n) is 17.5. The van der Waals surface area contributed by atoms with Crippen molar-refractivity contribution in [3.05, 3.63) is 64.7 Å². The topological polar surface area (TPSA) is 76.9 Å². The summed E-state index contributed by atoms with van der Waals surface area (Å²) in [6.07, 6.45) is 2.09. The van der Waals surface area contributed by atoms with Crippen LogP contribution in [-0.4, -0.2) is 39.9 Å². The van der Waals surface area contributed by atoms with Gasteiger partial charge in [0.05, 0.1) is 12.8 Å². The Morgan fingerprint density at radius 2 is 2.10 bits per heavy atom. The molecule has 1 fully saturated rings. The molecule has 0 radical (unpaired) electrons. The van der Waals surface area contributed by atoms with Gasteiger partial charge in [0.1, 0.15) is 11.6 Å². The summed E-state index contributed by atoms with van der Waals surface area (Å²) >= 11 is 0. The summed E-state index contributed by atoms with van der Waals surface area (Å²) in [5, 5.41) is 18.9. The molecule has 1 aliphatic heterocycles. The molecule has 2 atom stereocenters. The normalized spacial score (nSPS) is 19.1. The number of halogens is 1. The van der Waals surface area contributed by atoms with E-state index in [-0.39, 0.29) is 17.9 Å². The first-order valence-electron chi connectivity index (χ1n) is 10.2. The van der Waals surface area contributed by atoms with Crippen LogP contribution in [0.3, 0.4) is 0 Å². The molecule has 0 bridgehead atoms. The Kier molecular flexibility index (Phi) is 6.06. The number of hydrogen-bond acceptors (Lipinski definition) is 6. The van der Waals surface area contributed by atoms with Gasteiger partial charge >= 0.3 is 0 Å². The highest BCUT2D eigenvalue weighted by molar-refractivity contribution is 5.44. The fourth-order valence-corrected chi connectivity index (χ4v) is 4.01. The first kappa shape index (κ1) is 20.4. The zero-order chi connectivity index (χ0) is 21.1. The molecule has 30 heavy (non-hydrogen) atoms. The van der Waals surface area contributed by atoms with Gasteiger partial charge in [-0.1, -0.05) is 12.1 Å². The highest BCUT2D eigenvalue weighted by atomic mass is 19.1. The van der Waals surface area contributed by atoms with E-state index >= 15 is 0 Å². The standard InChI is InChI=1S/C22H27FN6O/c1-14-6-7-16(12-19(14)23)22-20(5-4-10-24-22)25-13-17-11-18(8-9-21(17)30-3)29-15(2)26-27-28-29/h6-9,11-12,20,22,24-25H,4-5,10,13H2,1-3H3/t20-,22-/m1/s1. The number of piperidine rings is 1. The van der Waals surface area contributed by atoms with Gasteiger partial charge in [0.2, 0.25) is 0 Å². The summed E-state index contributed by atoms with van der Waals surface area (Å²) in [7, 11) is 1.67. The predicted molar refractivity (Wildman–Crippen MR) is 112 cm³/mol. The minimum Gasteiger partial charge on any atom is -0.496 e. The van der Waals surface area contributed by atoms with Crippen molar-refractivity contribution < 1.29 is 9.13 Å². The van der Waals surface area contributed by atoms with Gasteiger partial charge in [0, 0.05) is 24.2 Å². The number of nitrogens with zero attached hydrogens (tertiary/aromatic N) is 4. The molecule has 158 valence electrons. The van der Waals surface area contributed by atoms with Gasteiger partial charge in [0.15, 0.2) is 5.82 Å². The Hall–Kier alpha value is -2.84. The van der Waals surface area contributed by atoms with Gasteiger partial charge in [0.25, 0.3) is 0 Å². The fourth-order valence-electron chi connectivity index (χ4n) is 4.01. The van der Waals surface area contributed by atoms with Crippen LogP contribution < -0.4 is 15.4 Å². The maximum atomic E-state index is 14.1. The quantitative estimate of drug-likeness (QED) is 0.651. The van der Waals surface area contributed by atoms with E-state index in [1.165, 1.54) is 0 Å². The maximum absolute atomic E-state index is 14.1. The molecule has 4 rings (SSSR count). The van der Waals surface area contributed by atoms with Crippen molar-refractivity contribution in [2.24, 2.45) is 0 Å². The van der Waals surface area contributed by atoms with Crippen molar-refractivity contribution in [3.63, 3.8) is 0 Å². The summed E-state index contributed by atoms with van der Waals surface area (Å²) in [6.45, 7) is 5.20. The van der Waals surface area contributed by atoms with Crippen LogP contribution in [0.15, 0.2) is 36.4 Å². The third-order valence-electron chi connectivity index (χ3n) is 5.70. The van der Waals surface area contributed by atoms with E-state index in [9.17, 15) is 4.39 Å². The third kappa shape index (κ3) is 4.20. The summed E-state index contributed by atoms with van der Waals surface area (Å²) in [4.78, 5) is 0. The Morgan fingerprint density at radius 3 is 2.83 bits per heavy atom. The number of nitrogens with one attached hydrogen (secondary N) is 2. The Labute approximate surface area is 175 Å². The monoisotopic (exact) mass is 410 g/mol. The minimum atomic E-state index is -0.162. The van der Waals surface area contributed by atoms with Crippen molar-refractivity contribution in [2.45, 2.75) is 45.3 Å². The van der Waals surface area contributed by atoms with Gasteiger partial charge in [-0.25, -0.2) is 4.39 Å². The summed E-state index contributed by atoms with van der Waals surface area (Å²) in [5.41, 5.74) is 3.54. The molecule has 0 aliphatic carbocycles. The van der Waals surface area contributed by atoms with Gasteiger partial charge in [-0.05, 0) is 79.1 Å². The van der Waals surface area contributed by atoms with Crippen LogP contribution in [0.25, 0.3) is 5.69 Å². The molecule has 1 aromatic heterocycles. The Morgan fingerprint density at radius 1 is 1.23 bits per heavy atom. The second kappa shape index (κ2) is 8.89. The van der Waals surface area contributed by atoms with Crippen molar-refractivity contribution in [1.29, 1.82) is 0 Å². The molecule has 2 N–H and O–H groups in total. The van der Waals surface area contributed by atoms with Gasteiger partial charge in [-0.3, -0.25) is 0 Å². The van der Waals surface area contributed by atoms with Crippen molar-refractivity contribution in [1.82, 2.24) is 30.8 Å². The van der Waals surface area contributed by atoms with Gasteiger partial charge in [-0.15, -0.1) is 5.10 Å². The van der Waals surface area contributed by atoms with E-state index in [1.54, 1.807) is 24.8 Å². The molecule has 8 heteroatoms. The lowest BCUT2D eigenvalue weighted by Crippen LogP contribution is -2.45. The average Bonchev–Trinajstić information content (AvgIpc) is 3.20. The van der Waals surface area contributed by atoms with Crippen molar-refractivity contribution in [3.8, 4) is 11.4 Å². The number of benzene rings is 2. The first-order chi connectivity index (χ1) is 14.6. The van der Waals surface area contributed by atoms with Crippen LogP contribution in [0, 0.1) is 19.7 Å². The molecule has 1 saturated heterocycles. The van der Waals surface area contributed by atoms with Crippen molar-refractivity contribution in [2.75, 3.05) is 13.7 Å². The van der Waals surface area contributed by atoms with Crippen LogP contribution >= 0.6 is 0 Å². The number of hydrogen-bond donors (Lipinski definition) is 2. The lowest BCUT2D eigenvalue weighted by molar-refractivity contribution is 0.302. The summed E-state index contributed by atoms with van der Waals surface area (Å²) < 4.78 is 21.4. The lowest BCUT2D eigenvalue weighted by atomic mass is 9.91. The minimum absolute atomic E-state index is 0.0600. The van der Waals surface area contributed by atoms with Crippen molar-refractivity contribution >= 4 is 0 Å². The SMILES string of the molecule is COc1ccc(-n2nnnc2C)cc1CN[C@@H]1CCCN[C@@H]1c1ccc(C)c(F)c1. The van der Waals surface area contributed by atoms with Crippen LogP contribution in [0.2, 0.25) is 0 Å². The highest BCUT2D eigenvalue weighted by Crippen LogP contribution is 2.27. The zero-order valence-corrected chi connectivity index (χ0v) is 17.5. The van der Waals surface area contributed by atoms with E-state index in [4.69, 9.17) is 4.74 Å². The largest absolute Gasteiger partial charge is 0.496 e. The van der Waals surface area contributed by atoms with Crippen LogP contribution in [0.5, 0.6) is 5.75 Å². The molecular formula is C22H27FN6O. The second-order valence-electron chi connectivity index (χ2n) is 7.70. The highest BCUT2D eigenvalue weighted by Gasteiger charge is 2.26. The summed E-state index contributed by atoms with van der Waals surface area (Å²) in [5.74, 6) is 1.36. The average molecular weight is 410 g/mol. The van der Waals surface area contributed by atoms with Gasteiger partial charge in [-0.2, -0.15) is 4.68 Å². The van der Waals surface area contributed by atoms with E-state index in [0.29, 0.717) is 12.1 Å². The molecule has 3 aromatic rings. The molecule has 0 amide bonds. The van der Waals surface area contributed by atoms with E-state index in [2.05, 4.69) is 26.2 Å². The molecule has 0 saturated carbocycles. The van der Waals surface area contributed by atoms with Crippen LogP contribution in [-0.2, 0) is 6.54 Å². The number of ether oxygens (including phenoxy) is 1. The maximum Gasteiger partial charge on any atom is 0.153 e. The van der Waals surface area contributed by atoms with E-state index < -0.39 is 0 Å². The number of tetrazole rings is 1. The molecular weight excluding hydrogens is 383 g/mol. The predicted octanol–water partition coefficient (Wildman–Crippen LogP) is 3.01. The molecule has 0 spiro atoms. The number of aromatic nitrogens is 4. The molecule has 0 unspecified atom stereocenters. The number of aryl methyl sites for hydroxylation is 2. The number of rotatable bonds is 6. The first-order valence-corrected chi connectivity index (χ1v) is 10.2. The third-order valence-corrected chi connectivity index (χ3v) is 5.70.